The first kappa shape index (κ1) is 17.1. The second-order valence-corrected chi connectivity index (χ2v) is 6.48. The first-order valence-corrected chi connectivity index (χ1v) is 7.52. The molecule has 1 aromatic rings. The van der Waals surface area contributed by atoms with Gasteiger partial charge in [-0.3, -0.25) is 0 Å². The SMILES string of the molecule is CCCNC(CCCc1cccc(F)c1F)C(C)(C)C. The standard InChI is InChI=1S/C17H27F2N/c1-5-12-20-15(17(2,3)4)11-7-9-13-8-6-10-14(18)16(13)19/h6,8,10,15,20H,5,7,9,11-12H2,1-4H3. The van der Waals surface area contributed by atoms with Gasteiger partial charge >= 0.3 is 0 Å². The smallest absolute Gasteiger partial charge is 0.162 e. The molecule has 1 rings (SSSR count). The van der Waals surface area contributed by atoms with Gasteiger partial charge in [0.2, 0.25) is 0 Å². The Hall–Kier alpha value is -0.960. The Balaban J connectivity index is 2.54. The summed E-state index contributed by atoms with van der Waals surface area (Å²) in [5.41, 5.74) is 0.656. The van der Waals surface area contributed by atoms with Gasteiger partial charge in [0.05, 0.1) is 0 Å². The minimum Gasteiger partial charge on any atom is -0.313 e. The van der Waals surface area contributed by atoms with Crippen LogP contribution >= 0.6 is 0 Å². The fourth-order valence-electron chi connectivity index (χ4n) is 2.40. The largest absolute Gasteiger partial charge is 0.313 e. The van der Waals surface area contributed by atoms with Gasteiger partial charge in [0.1, 0.15) is 0 Å². The summed E-state index contributed by atoms with van der Waals surface area (Å²) >= 11 is 0. The molecule has 0 radical (unpaired) electrons. The van der Waals surface area contributed by atoms with Gasteiger partial charge in [-0.15, -0.1) is 0 Å². The summed E-state index contributed by atoms with van der Waals surface area (Å²) in [6.45, 7) is 9.78. The quantitative estimate of drug-likeness (QED) is 0.764. The molecule has 0 fully saturated rings. The second kappa shape index (κ2) is 7.72. The van der Waals surface area contributed by atoms with Crippen molar-refractivity contribution in [1.29, 1.82) is 0 Å². The van der Waals surface area contributed by atoms with Gasteiger partial charge in [-0.25, -0.2) is 8.78 Å². The maximum Gasteiger partial charge on any atom is 0.162 e. The van der Waals surface area contributed by atoms with Crippen LogP contribution in [0.2, 0.25) is 0 Å². The lowest BCUT2D eigenvalue weighted by Gasteiger charge is -2.32. The molecule has 1 atom stereocenters. The Morgan fingerprint density at radius 3 is 2.50 bits per heavy atom. The first-order chi connectivity index (χ1) is 9.36. The van der Waals surface area contributed by atoms with Crippen molar-refractivity contribution in [3.05, 3.63) is 35.4 Å². The molecule has 1 aromatic carbocycles. The number of hydrogen-bond donors (Lipinski definition) is 1. The Kier molecular flexibility index (Phi) is 6.60. The van der Waals surface area contributed by atoms with Gasteiger partial charge in [0.25, 0.3) is 0 Å². The maximum atomic E-state index is 13.6. The molecule has 0 aromatic heterocycles. The van der Waals surface area contributed by atoms with Crippen LogP contribution in [-0.4, -0.2) is 12.6 Å². The van der Waals surface area contributed by atoms with Gasteiger partial charge < -0.3 is 5.32 Å². The van der Waals surface area contributed by atoms with Gasteiger partial charge in [-0.05, 0) is 49.3 Å². The number of halogens is 2. The van der Waals surface area contributed by atoms with E-state index < -0.39 is 11.6 Å². The number of nitrogens with one attached hydrogen (secondary N) is 1. The van der Waals surface area contributed by atoms with Crippen molar-refractivity contribution in [3.8, 4) is 0 Å². The molecule has 1 nitrogen and oxygen atoms in total. The predicted octanol–water partition coefficient (Wildman–Crippen LogP) is 4.70. The fraction of sp³-hybridized carbons (Fsp3) is 0.647. The third-order valence-electron chi connectivity index (χ3n) is 3.66. The van der Waals surface area contributed by atoms with Gasteiger partial charge in [0.15, 0.2) is 11.6 Å². The highest BCUT2D eigenvalue weighted by molar-refractivity contribution is 5.18. The van der Waals surface area contributed by atoms with E-state index in [-0.39, 0.29) is 5.41 Å². The van der Waals surface area contributed by atoms with E-state index in [1.807, 2.05) is 0 Å². The molecular formula is C17H27F2N. The highest BCUT2D eigenvalue weighted by Gasteiger charge is 2.23. The van der Waals surface area contributed by atoms with Crippen LogP contribution in [0.5, 0.6) is 0 Å². The van der Waals surface area contributed by atoms with Crippen LogP contribution in [0.15, 0.2) is 18.2 Å². The van der Waals surface area contributed by atoms with Crippen molar-refractivity contribution >= 4 is 0 Å². The lowest BCUT2D eigenvalue weighted by molar-refractivity contribution is 0.251. The highest BCUT2D eigenvalue weighted by Crippen LogP contribution is 2.24. The van der Waals surface area contributed by atoms with Crippen LogP contribution in [0, 0.1) is 17.0 Å². The van der Waals surface area contributed by atoms with Crippen molar-refractivity contribution < 1.29 is 8.78 Å². The van der Waals surface area contributed by atoms with Crippen LogP contribution < -0.4 is 5.32 Å². The van der Waals surface area contributed by atoms with Crippen LogP contribution in [0.1, 0.15) is 52.5 Å². The molecule has 1 unspecified atom stereocenters. The average molecular weight is 283 g/mol. The average Bonchev–Trinajstić information content (AvgIpc) is 2.37. The zero-order chi connectivity index (χ0) is 15.2. The molecule has 0 heterocycles. The highest BCUT2D eigenvalue weighted by atomic mass is 19.2. The van der Waals surface area contributed by atoms with Crippen molar-refractivity contribution in [2.45, 2.75) is 59.4 Å². The number of aryl methyl sites for hydroxylation is 1. The third kappa shape index (κ3) is 5.20. The number of rotatable bonds is 7. The minimum absolute atomic E-state index is 0.176. The minimum atomic E-state index is -0.751. The Morgan fingerprint density at radius 2 is 1.90 bits per heavy atom. The molecule has 1 N–H and O–H groups in total. The molecular weight excluding hydrogens is 256 g/mol. The van der Waals surface area contributed by atoms with Crippen LogP contribution in [-0.2, 0) is 6.42 Å². The topological polar surface area (TPSA) is 12.0 Å². The number of benzene rings is 1. The van der Waals surface area contributed by atoms with Gasteiger partial charge in [-0.1, -0.05) is 39.8 Å². The second-order valence-electron chi connectivity index (χ2n) is 6.48. The lowest BCUT2D eigenvalue weighted by Crippen LogP contribution is -2.40. The summed E-state index contributed by atoms with van der Waals surface area (Å²) < 4.78 is 26.7. The molecule has 0 bridgehead atoms. The summed E-state index contributed by atoms with van der Waals surface area (Å²) in [5, 5.41) is 3.55. The van der Waals surface area contributed by atoms with Crippen molar-refractivity contribution in [2.24, 2.45) is 5.41 Å². The molecule has 0 saturated carbocycles. The zero-order valence-corrected chi connectivity index (χ0v) is 13.1. The maximum absolute atomic E-state index is 13.6. The van der Waals surface area contributed by atoms with E-state index in [1.54, 1.807) is 12.1 Å². The van der Waals surface area contributed by atoms with Crippen LogP contribution in [0.3, 0.4) is 0 Å². The van der Waals surface area contributed by atoms with Crippen molar-refractivity contribution in [3.63, 3.8) is 0 Å². The lowest BCUT2D eigenvalue weighted by atomic mass is 9.83. The summed E-state index contributed by atoms with van der Waals surface area (Å²) in [6, 6.07) is 4.81. The van der Waals surface area contributed by atoms with Crippen LogP contribution in [0.25, 0.3) is 0 Å². The predicted molar refractivity (Wildman–Crippen MR) is 80.8 cm³/mol. The van der Waals surface area contributed by atoms with E-state index in [4.69, 9.17) is 0 Å². The van der Waals surface area contributed by atoms with E-state index in [0.29, 0.717) is 18.0 Å². The van der Waals surface area contributed by atoms with E-state index in [1.165, 1.54) is 6.07 Å². The Bertz CT molecular complexity index is 410. The molecule has 20 heavy (non-hydrogen) atoms. The summed E-state index contributed by atoms with van der Waals surface area (Å²) in [5.74, 6) is -1.44. The van der Waals surface area contributed by atoms with Gasteiger partial charge in [0, 0.05) is 6.04 Å². The Morgan fingerprint density at radius 1 is 1.20 bits per heavy atom. The normalized spacial score (nSPS) is 13.5. The monoisotopic (exact) mass is 283 g/mol. The first-order valence-electron chi connectivity index (χ1n) is 7.52. The third-order valence-corrected chi connectivity index (χ3v) is 3.66. The van der Waals surface area contributed by atoms with E-state index in [0.717, 1.165) is 25.8 Å². The molecule has 0 aliphatic heterocycles. The number of hydrogen-bond acceptors (Lipinski definition) is 1. The molecule has 3 heteroatoms. The molecule has 114 valence electrons. The molecule has 0 aliphatic rings. The van der Waals surface area contributed by atoms with E-state index in [2.05, 4.69) is 33.0 Å². The van der Waals surface area contributed by atoms with Gasteiger partial charge in [-0.2, -0.15) is 0 Å². The zero-order valence-electron chi connectivity index (χ0n) is 13.1. The summed E-state index contributed by atoms with van der Waals surface area (Å²) in [6.07, 6.45) is 3.52. The molecule has 0 aliphatic carbocycles. The van der Waals surface area contributed by atoms with Crippen molar-refractivity contribution in [1.82, 2.24) is 5.32 Å². The molecule has 0 saturated heterocycles. The summed E-state index contributed by atoms with van der Waals surface area (Å²) in [4.78, 5) is 0. The summed E-state index contributed by atoms with van der Waals surface area (Å²) in [7, 11) is 0. The van der Waals surface area contributed by atoms with Crippen molar-refractivity contribution in [2.75, 3.05) is 6.54 Å². The molecule has 0 amide bonds. The van der Waals surface area contributed by atoms with E-state index in [9.17, 15) is 8.78 Å². The fourth-order valence-corrected chi connectivity index (χ4v) is 2.40. The van der Waals surface area contributed by atoms with Crippen LogP contribution in [0.4, 0.5) is 8.78 Å². The Labute approximate surface area is 121 Å². The molecule has 0 spiro atoms. The van der Waals surface area contributed by atoms with E-state index >= 15 is 0 Å².